The van der Waals surface area contributed by atoms with Gasteiger partial charge in [0.25, 0.3) is 11.8 Å². The normalized spacial score (nSPS) is 12.6. The Hall–Kier alpha value is -3.85. The first-order valence-corrected chi connectivity index (χ1v) is 12.5. The molecule has 1 aromatic heterocycles. The molecule has 2 amide bonds. The Morgan fingerprint density at radius 1 is 1.08 bits per heavy atom. The quantitative estimate of drug-likeness (QED) is 0.450. The smallest absolute Gasteiger partial charge is 0.339 e. The number of hydrogen-bond donors (Lipinski definition) is 2. The maximum absolute atomic E-state index is 13.3. The van der Waals surface area contributed by atoms with Crippen molar-refractivity contribution >= 4 is 34.1 Å². The molecule has 0 bridgehead atoms. The second-order valence-corrected chi connectivity index (χ2v) is 9.56. The summed E-state index contributed by atoms with van der Waals surface area (Å²) in [5.74, 6) is -0.737. The summed E-state index contributed by atoms with van der Waals surface area (Å²) >= 11 is 1.20. The summed E-state index contributed by atoms with van der Waals surface area (Å²) < 4.78 is 10.6. The predicted molar refractivity (Wildman–Crippen MR) is 138 cm³/mol. The maximum atomic E-state index is 13.3. The minimum absolute atomic E-state index is 0.0945. The van der Waals surface area contributed by atoms with E-state index in [1.54, 1.807) is 35.2 Å². The highest BCUT2D eigenvalue weighted by atomic mass is 32.1. The van der Waals surface area contributed by atoms with Crippen LogP contribution in [0.4, 0.5) is 5.00 Å². The molecule has 0 saturated heterocycles. The molecule has 188 valence electrons. The van der Waals surface area contributed by atoms with Crippen LogP contribution in [0.1, 0.15) is 60.4 Å². The standard InChI is InChI=1S/C27H28N2O6S/c1-4-5-16-6-8-17(9-7-16)24(30)28-25-23(27(32)33)19-12-13-29(15-22(19)36-25)26(31)20-14-18(34-2)10-11-21(20)35-3/h6-11,14H,4-5,12-13,15H2,1-3H3,(H,28,30)(H,32,33). The number of fused-ring (bicyclic) bond motifs is 1. The van der Waals surface area contributed by atoms with Crippen molar-refractivity contribution in [2.24, 2.45) is 0 Å². The van der Waals surface area contributed by atoms with Crippen LogP contribution in [-0.4, -0.2) is 48.6 Å². The zero-order valence-electron chi connectivity index (χ0n) is 20.4. The molecule has 1 aliphatic rings. The van der Waals surface area contributed by atoms with Crippen LogP contribution in [0.15, 0.2) is 42.5 Å². The van der Waals surface area contributed by atoms with Gasteiger partial charge < -0.3 is 24.8 Å². The van der Waals surface area contributed by atoms with Crippen molar-refractivity contribution in [3.8, 4) is 11.5 Å². The van der Waals surface area contributed by atoms with Gasteiger partial charge >= 0.3 is 5.97 Å². The van der Waals surface area contributed by atoms with Crippen molar-refractivity contribution < 1.29 is 29.0 Å². The van der Waals surface area contributed by atoms with Crippen LogP contribution in [-0.2, 0) is 19.4 Å². The minimum Gasteiger partial charge on any atom is -0.497 e. The molecule has 0 unspecified atom stereocenters. The van der Waals surface area contributed by atoms with Gasteiger partial charge in [-0.15, -0.1) is 11.3 Å². The zero-order valence-corrected chi connectivity index (χ0v) is 21.2. The molecule has 4 rings (SSSR count). The molecule has 1 aliphatic heterocycles. The fourth-order valence-electron chi connectivity index (χ4n) is 4.33. The fourth-order valence-corrected chi connectivity index (χ4v) is 5.58. The van der Waals surface area contributed by atoms with E-state index in [9.17, 15) is 19.5 Å². The molecule has 2 heterocycles. The van der Waals surface area contributed by atoms with E-state index in [-0.39, 0.29) is 28.9 Å². The number of carbonyl (C=O) groups excluding carboxylic acids is 2. The van der Waals surface area contributed by atoms with Gasteiger partial charge in [-0.25, -0.2) is 4.79 Å². The number of nitrogens with one attached hydrogen (secondary N) is 1. The number of aromatic carboxylic acids is 1. The Bertz CT molecular complexity index is 1300. The van der Waals surface area contributed by atoms with Crippen LogP contribution in [0.5, 0.6) is 11.5 Å². The molecule has 36 heavy (non-hydrogen) atoms. The van der Waals surface area contributed by atoms with Gasteiger partial charge in [0.2, 0.25) is 0 Å². The number of hydrogen-bond acceptors (Lipinski definition) is 6. The topological polar surface area (TPSA) is 105 Å². The van der Waals surface area contributed by atoms with E-state index < -0.39 is 5.97 Å². The lowest BCUT2D eigenvalue weighted by Crippen LogP contribution is -2.36. The van der Waals surface area contributed by atoms with E-state index in [0.29, 0.717) is 41.2 Å². The molecule has 0 spiro atoms. The molecule has 0 atom stereocenters. The number of rotatable bonds is 8. The summed E-state index contributed by atoms with van der Waals surface area (Å²) in [4.78, 5) is 40.7. The number of carboxylic acid groups (broad SMARTS) is 1. The minimum atomic E-state index is -1.10. The number of aryl methyl sites for hydroxylation is 1. The average Bonchev–Trinajstić information content (AvgIpc) is 3.25. The molecule has 2 N–H and O–H groups in total. The molecule has 0 saturated carbocycles. The van der Waals surface area contributed by atoms with E-state index in [1.807, 2.05) is 12.1 Å². The van der Waals surface area contributed by atoms with Crippen LogP contribution in [0.25, 0.3) is 0 Å². The number of ether oxygens (including phenoxy) is 2. The molecule has 2 aromatic carbocycles. The fraction of sp³-hybridized carbons (Fsp3) is 0.296. The second kappa shape index (κ2) is 10.8. The maximum Gasteiger partial charge on any atom is 0.339 e. The van der Waals surface area contributed by atoms with Gasteiger partial charge in [-0.2, -0.15) is 0 Å². The van der Waals surface area contributed by atoms with Crippen molar-refractivity contribution in [2.45, 2.75) is 32.7 Å². The molecule has 3 aromatic rings. The Balaban J connectivity index is 1.58. The van der Waals surface area contributed by atoms with Gasteiger partial charge in [0.05, 0.1) is 31.9 Å². The third-order valence-electron chi connectivity index (χ3n) is 6.18. The van der Waals surface area contributed by atoms with Crippen molar-refractivity contribution in [2.75, 3.05) is 26.1 Å². The van der Waals surface area contributed by atoms with Crippen LogP contribution >= 0.6 is 11.3 Å². The summed E-state index contributed by atoms with van der Waals surface area (Å²) in [6.07, 6.45) is 2.31. The Kier molecular flexibility index (Phi) is 7.59. The van der Waals surface area contributed by atoms with Gasteiger partial charge in [-0.1, -0.05) is 25.5 Å². The van der Waals surface area contributed by atoms with Crippen molar-refractivity contribution in [3.05, 3.63) is 75.2 Å². The highest BCUT2D eigenvalue weighted by Crippen LogP contribution is 2.38. The SMILES string of the molecule is CCCc1ccc(C(=O)Nc2sc3c(c2C(=O)O)CCN(C(=O)c2cc(OC)ccc2OC)C3)cc1. The summed E-state index contributed by atoms with van der Waals surface area (Å²) in [5.41, 5.74) is 2.72. The van der Waals surface area contributed by atoms with Gasteiger partial charge in [-0.3, -0.25) is 9.59 Å². The largest absolute Gasteiger partial charge is 0.497 e. The first-order chi connectivity index (χ1) is 17.4. The van der Waals surface area contributed by atoms with Crippen molar-refractivity contribution in [1.29, 1.82) is 0 Å². The number of nitrogens with zero attached hydrogens (tertiary/aromatic N) is 1. The van der Waals surface area contributed by atoms with Gasteiger partial charge in [-0.05, 0) is 54.3 Å². The number of benzene rings is 2. The molecule has 0 fully saturated rings. The highest BCUT2D eigenvalue weighted by molar-refractivity contribution is 7.17. The number of thiophene rings is 1. The number of carbonyl (C=O) groups is 3. The summed E-state index contributed by atoms with van der Waals surface area (Å²) in [5, 5.41) is 13.0. The lowest BCUT2D eigenvalue weighted by Gasteiger charge is -2.27. The van der Waals surface area contributed by atoms with Gasteiger partial charge in [0.1, 0.15) is 16.5 Å². The van der Waals surface area contributed by atoms with Crippen LogP contribution in [0, 0.1) is 0 Å². The molecule has 8 nitrogen and oxygen atoms in total. The van der Waals surface area contributed by atoms with E-state index in [1.165, 1.54) is 25.6 Å². The predicted octanol–water partition coefficient (Wildman–Crippen LogP) is 4.87. The third-order valence-corrected chi connectivity index (χ3v) is 7.31. The molecule has 0 aliphatic carbocycles. The van der Waals surface area contributed by atoms with E-state index in [0.717, 1.165) is 23.3 Å². The Morgan fingerprint density at radius 3 is 2.47 bits per heavy atom. The molecular formula is C27H28N2O6S. The summed E-state index contributed by atoms with van der Waals surface area (Å²) in [6, 6.07) is 12.3. The highest BCUT2D eigenvalue weighted by Gasteiger charge is 2.31. The number of carboxylic acids is 1. The van der Waals surface area contributed by atoms with Crippen LogP contribution in [0.3, 0.4) is 0 Å². The Morgan fingerprint density at radius 2 is 1.83 bits per heavy atom. The molecule has 9 heteroatoms. The average molecular weight is 509 g/mol. The third kappa shape index (κ3) is 5.06. The lowest BCUT2D eigenvalue weighted by atomic mass is 10.0. The van der Waals surface area contributed by atoms with E-state index in [2.05, 4.69) is 12.2 Å². The van der Waals surface area contributed by atoms with Crippen molar-refractivity contribution in [3.63, 3.8) is 0 Å². The van der Waals surface area contributed by atoms with Gasteiger partial charge in [0, 0.05) is 17.0 Å². The first kappa shape index (κ1) is 25.2. The monoisotopic (exact) mass is 508 g/mol. The second-order valence-electron chi connectivity index (χ2n) is 8.46. The van der Waals surface area contributed by atoms with Gasteiger partial charge in [0.15, 0.2) is 0 Å². The van der Waals surface area contributed by atoms with E-state index in [4.69, 9.17) is 9.47 Å². The van der Waals surface area contributed by atoms with Crippen molar-refractivity contribution in [1.82, 2.24) is 4.90 Å². The van der Waals surface area contributed by atoms with E-state index >= 15 is 0 Å². The lowest BCUT2D eigenvalue weighted by molar-refractivity contribution is 0.0696. The summed E-state index contributed by atoms with van der Waals surface area (Å²) in [6.45, 7) is 2.67. The molecule has 0 radical (unpaired) electrons. The Labute approximate surface area is 213 Å². The molecular weight excluding hydrogens is 480 g/mol. The van der Waals surface area contributed by atoms with Crippen LogP contribution < -0.4 is 14.8 Å². The number of methoxy groups -OCH3 is 2. The first-order valence-electron chi connectivity index (χ1n) is 11.7. The number of amides is 2. The summed E-state index contributed by atoms with van der Waals surface area (Å²) in [7, 11) is 3.02. The number of anilines is 1. The zero-order chi connectivity index (χ0) is 25.8. The van der Waals surface area contributed by atoms with Crippen LogP contribution in [0.2, 0.25) is 0 Å².